The van der Waals surface area contributed by atoms with Crippen LogP contribution < -0.4 is 20.1 Å². The molecule has 0 atom stereocenters. The lowest BCUT2D eigenvalue weighted by Gasteiger charge is -2.11. The highest BCUT2D eigenvalue weighted by Crippen LogP contribution is 2.21. The van der Waals surface area contributed by atoms with E-state index in [1.165, 1.54) is 6.07 Å². The third-order valence-electron chi connectivity index (χ3n) is 4.08. The molecule has 9 nitrogen and oxygen atoms in total. The minimum Gasteiger partial charge on any atom is -0.494 e. The molecule has 0 saturated carbocycles. The predicted octanol–water partition coefficient (Wildman–Crippen LogP) is 2.71. The second-order valence-electron chi connectivity index (χ2n) is 6.36. The van der Waals surface area contributed by atoms with Gasteiger partial charge in [-0.15, -0.1) is 10.2 Å². The van der Waals surface area contributed by atoms with Crippen LogP contribution in [0.25, 0.3) is 0 Å². The molecule has 0 saturated heterocycles. The molecule has 0 fully saturated rings. The number of ether oxygens (including phenoxy) is 1. The summed E-state index contributed by atoms with van der Waals surface area (Å²) in [5, 5.41) is 14.3. The van der Waals surface area contributed by atoms with Crippen molar-refractivity contribution >= 4 is 27.3 Å². The van der Waals surface area contributed by atoms with Gasteiger partial charge in [0.05, 0.1) is 23.4 Å². The summed E-state index contributed by atoms with van der Waals surface area (Å²) in [5.74, 6) is 1.81. The summed E-state index contributed by atoms with van der Waals surface area (Å²) in [7, 11) is -3.61. The van der Waals surface area contributed by atoms with Crippen LogP contribution in [0.1, 0.15) is 12.5 Å². The number of hydrogen-bond donors (Lipinski definition) is 3. The predicted molar refractivity (Wildman–Crippen MR) is 116 cm³/mol. The van der Waals surface area contributed by atoms with E-state index in [4.69, 9.17) is 4.74 Å². The lowest BCUT2D eigenvalue weighted by Crippen LogP contribution is -2.29. The third-order valence-corrected chi connectivity index (χ3v) is 5.54. The number of sulfonamides is 1. The number of benzene rings is 1. The molecular formula is C20H24N6O3S. The summed E-state index contributed by atoms with van der Waals surface area (Å²) in [4.78, 5) is 4.22. The summed E-state index contributed by atoms with van der Waals surface area (Å²) in [6, 6.07) is 12.0. The highest BCUT2D eigenvalue weighted by molar-refractivity contribution is 7.89. The number of rotatable bonds is 10. The van der Waals surface area contributed by atoms with Crippen molar-refractivity contribution in [2.24, 2.45) is 0 Å². The summed E-state index contributed by atoms with van der Waals surface area (Å²) < 4.78 is 32.9. The molecule has 10 heteroatoms. The van der Waals surface area contributed by atoms with Crippen molar-refractivity contribution in [1.82, 2.24) is 19.9 Å². The van der Waals surface area contributed by atoms with Gasteiger partial charge in [-0.3, -0.25) is 4.98 Å². The monoisotopic (exact) mass is 428 g/mol. The first-order valence-corrected chi connectivity index (χ1v) is 10.9. The molecule has 1 aromatic carbocycles. The standard InChI is InChI=1S/C20H24N6O3S/c1-3-29-18-7-6-17(13-15(18)2)30(27,28)23-12-11-22-19-8-9-20(26-25-19)24-16-5-4-10-21-14-16/h4-10,13-14,23H,3,11-12H2,1-2H3,(H,22,25)(H,24,26). The first-order chi connectivity index (χ1) is 14.5. The maximum absolute atomic E-state index is 12.5. The first-order valence-electron chi connectivity index (χ1n) is 9.45. The Morgan fingerprint density at radius 3 is 2.50 bits per heavy atom. The maximum Gasteiger partial charge on any atom is 0.240 e. The lowest BCUT2D eigenvalue weighted by molar-refractivity contribution is 0.337. The van der Waals surface area contributed by atoms with Gasteiger partial charge in [0.25, 0.3) is 0 Å². The van der Waals surface area contributed by atoms with Crippen molar-refractivity contribution in [2.45, 2.75) is 18.7 Å². The second kappa shape index (κ2) is 9.99. The van der Waals surface area contributed by atoms with Gasteiger partial charge in [0.15, 0.2) is 5.82 Å². The Balaban J connectivity index is 1.48. The van der Waals surface area contributed by atoms with Gasteiger partial charge in [0.1, 0.15) is 11.6 Å². The Morgan fingerprint density at radius 1 is 1.03 bits per heavy atom. The van der Waals surface area contributed by atoms with Crippen LogP contribution in [0.4, 0.5) is 17.3 Å². The van der Waals surface area contributed by atoms with Crippen LogP contribution in [0.5, 0.6) is 5.75 Å². The third kappa shape index (κ3) is 5.88. The molecule has 0 aliphatic rings. The van der Waals surface area contributed by atoms with Gasteiger partial charge in [0.2, 0.25) is 10.0 Å². The van der Waals surface area contributed by atoms with Gasteiger partial charge < -0.3 is 15.4 Å². The normalized spacial score (nSPS) is 11.1. The Kier molecular flexibility index (Phi) is 7.15. The molecule has 3 N–H and O–H groups in total. The summed E-state index contributed by atoms with van der Waals surface area (Å²) >= 11 is 0. The molecule has 0 amide bonds. The zero-order valence-corrected chi connectivity index (χ0v) is 17.6. The van der Waals surface area contributed by atoms with E-state index in [2.05, 4.69) is 30.5 Å². The molecule has 0 bridgehead atoms. The summed E-state index contributed by atoms with van der Waals surface area (Å²) in [6.45, 7) is 4.79. The van der Waals surface area contributed by atoms with E-state index in [1.54, 1.807) is 36.7 Å². The molecule has 2 heterocycles. The molecule has 0 radical (unpaired) electrons. The van der Waals surface area contributed by atoms with Gasteiger partial charge in [-0.2, -0.15) is 0 Å². The molecule has 3 rings (SSSR count). The Bertz CT molecular complexity index is 1060. The number of nitrogens with one attached hydrogen (secondary N) is 3. The Morgan fingerprint density at radius 2 is 1.83 bits per heavy atom. The molecule has 0 unspecified atom stereocenters. The number of aryl methyl sites for hydroxylation is 1. The van der Waals surface area contributed by atoms with E-state index in [1.807, 2.05) is 26.0 Å². The Labute approximate surface area is 176 Å². The number of hydrogen-bond acceptors (Lipinski definition) is 8. The highest BCUT2D eigenvalue weighted by atomic mass is 32.2. The molecule has 2 aromatic heterocycles. The SMILES string of the molecule is CCOc1ccc(S(=O)(=O)NCCNc2ccc(Nc3cccnc3)nn2)cc1C. The number of nitrogens with zero attached hydrogens (tertiary/aromatic N) is 3. The van der Waals surface area contributed by atoms with Crippen LogP contribution in [-0.2, 0) is 10.0 Å². The average molecular weight is 429 g/mol. The van der Waals surface area contributed by atoms with E-state index in [0.717, 1.165) is 11.3 Å². The van der Waals surface area contributed by atoms with E-state index >= 15 is 0 Å². The molecule has 0 spiro atoms. The van der Waals surface area contributed by atoms with Crippen molar-refractivity contribution < 1.29 is 13.2 Å². The fourth-order valence-electron chi connectivity index (χ4n) is 2.64. The van der Waals surface area contributed by atoms with Crippen LogP contribution in [0.3, 0.4) is 0 Å². The average Bonchev–Trinajstić information content (AvgIpc) is 2.75. The molecular weight excluding hydrogens is 404 g/mol. The molecule has 0 aliphatic carbocycles. The molecule has 158 valence electrons. The maximum atomic E-state index is 12.5. The second-order valence-corrected chi connectivity index (χ2v) is 8.12. The van der Waals surface area contributed by atoms with Crippen molar-refractivity contribution in [3.05, 3.63) is 60.4 Å². The van der Waals surface area contributed by atoms with Crippen LogP contribution in [0, 0.1) is 6.92 Å². The van der Waals surface area contributed by atoms with E-state index in [9.17, 15) is 8.42 Å². The van der Waals surface area contributed by atoms with Crippen molar-refractivity contribution in [1.29, 1.82) is 0 Å². The molecule has 30 heavy (non-hydrogen) atoms. The quantitative estimate of drug-likeness (QED) is 0.422. The highest BCUT2D eigenvalue weighted by Gasteiger charge is 2.15. The molecule has 3 aromatic rings. The van der Waals surface area contributed by atoms with Crippen molar-refractivity contribution in [2.75, 3.05) is 30.3 Å². The number of pyridine rings is 1. The van der Waals surface area contributed by atoms with Crippen molar-refractivity contribution in [3.8, 4) is 5.75 Å². The largest absolute Gasteiger partial charge is 0.494 e. The van der Waals surface area contributed by atoms with Gasteiger partial charge in [-0.25, -0.2) is 13.1 Å². The minimum absolute atomic E-state index is 0.200. The zero-order valence-electron chi connectivity index (χ0n) is 16.8. The summed E-state index contributed by atoms with van der Waals surface area (Å²) in [6.07, 6.45) is 3.38. The van der Waals surface area contributed by atoms with E-state index in [0.29, 0.717) is 30.5 Å². The van der Waals surface area contributed by atoms with Crippen LogP contribution >= 0.6 is 0 Å². The zero-order chi connectivity index (χ0) is 21.4. The Hall–Kier alpha value is -3.24. The van der Waals surface area contributed by atoms with E-state index in [-0.39, 0.29) is 11.4 Å². The topological polar surface area (TPSA) is 118 Å². The van der Waals surface area contributed by atoms with Gasteiger partial charge >= 0.3 is 0 Å². The molecule has 0 aliphatic heterocycles. The summed E-state index contributed by atoms with van der Waals surface area (Å²) in [5.41, 5.74) is 1.58. The van der Waals surface area contributed by atoms with E-state index < -0.39 is 10.0 Å². The fraction of sp³-hybridized carbons (Fsp3) is 0.250. The fourth-order valence-corrected chi connectivity index (χ4v) is 3.76. The van der Waals surface area contributed by atoms with Gasteiger partial charge in [-0.05, 0) is 61.9 Å². The van der Waals surface area contributed by atoms with Gasteiger partial charge in [-0.1, -0.05) is 0 Å². The number of aromatic nitrogens is 3. The van der Waals surface area contributed by atoms with Gasteiger partial charge in [0, 0.05) is 19.3 Å². The van der Waals surface area contributed by atoms with Crippen molar-refractivity contribution in [3.63, 3.8) is 0 Å². The first kappa shape index (κ1) is 21.5. The lowest BCUT2D eigenvalue weighted by atomic mass is 10.2. The number of anilines is 3. The smallest absolute Gasteiger partial charge is 0.240 e. The van der Waals surface area contributed by atoms with Crippen LogP contribution in [0.15, 0.2) is 59.8 Å². The minimum atomic E-state index is -3.61. The van der Waals surface area contributed by atoms with Crippen LogP contribution in [0.2, 0.25) is 0 Å². The van der Waals surface area contributed by atoms with Crippen LogP contribution in [-0.4, -0.2) is 43.3 Å².